The van der Waals surface area contributed by atoms with Crippen LogP contribution >= 0.6 is 11.8 Å². The fourth-order valence-electron chi connectivity index (χ4n) is 3.34. The highest BCUT2D eigenvalue weighted by Crippen LogP contribution is 2.29. The maximum atomic E-state index is 12.2. The Morgan fingerprint density at radius 2 is 2.22 bits per heavy atom. The van der Waals surface area contributed by atoms with Crippen molar-refractivity contribution in [3.63, 3.8) is 0 Å². The molecule has 0 unspecified atom stereocenters. The lowest BCUT2D eigenvalue weighted by Crippen LogP contribution is -2.44. The second kappa shape index (κ2) is 6.95. The average Bonchev–Trinajstić information content (AvgIpc) is 2.92. The summed E-state index contributed by atoms with van der Waals surface area (Å²) < 4.78 is 0. The van der Waals surface area contributed by atoms with Crippen LogP contribution in [0.5, 0.6) is 0 Å². The van der Waals surface area contributed by atoms with Crippen molar-refractivity contribution in [1.29, 1.82) is 0 Å². The van der Waals surface area contributed by atoms with Crippen LogP contribution in [0.15, 0.2) is 23.4 Å². The molecule has 0 aliphatic heterocycles. The fourth-order valence-corrected chi connectivity index (χ4v) is 4.03. The van der Waals surface area contributed by atoms with E-state index in [2.05, 4.69) is 48.2 Å². The summed E-state index contributed by atoms with van der Waals surface area (Å²) in [6.45, 7) is 6.60. The smallest absolute Gasteiger partial charge is 0.230 e. The minimum Gasteiger partial charge on any atom is -0.352 e. The summed E-state index contributed by atoms with van der Waals surface area (Å²) >= 11 is 1.47. The van der Waals surface area contributed by atoms with Gasteiger partial charge in [-0.1, -0.05) is 44.5 Å². The number of hydrogen-bond acceptors (Lipinski definition) is 3. The van der Waals surface area contributed by atoms with Crippen molar-refractivity contribution >= 4 is 28.7 Å². The van der Waals surface area contributed by atoms with Gasteiger partial charge in [-0.25, -0.2) is 4.98 Å². The van der Waals surface area contributed by atoms with Crippen molar-refractivity contribution < 1.29 is 4.79 Å². The molecular formula is C18H25N3OS. The van der Waals surface area contributed by atoms with E-state index in [1.54, 1.807) is 0 Å². The molecule has 5 heteroatoms. The van der Waals surface area contributed by atoms with Crippen LogP contribution in [-0.4, -0.2) is 27.7 Å². The molecule has 3 atom stereocenters. The molecule has 1 saturated carbocycles. The molecule has 4 nitrogen and oxygen atoms in total. The summed E-state index contributed by atoms with van der Waals surface area (Å²) in [4.78, 5) is 20.0. The molecule has 0 saturated heterocycles. The monoisotopic (exact) mass is 331 g/mol. The fraction of sp³-hybridized carbons (Fsp3) is 0.556. The molecule has 1 fully saturated rings. The Morgan fingerprint density at radius 1 is 1.39 bits per heavy atom. The number of carbonyl (C=O) groups is 1. The Hall–Kier alpha value is -1.49. The van der Waals surface area contributed by atoms with Gasteiger partial charge in [-0.2, -0.15) is 0 Å². The number of benzene rings is 1. The molecular weight excluding hydrogens is 306 g/mol. The van der Waals surface area contributed by atoms with Gasteiger partial charge in [0.25, 0.3) is 0 Å². The summed E-state index contributed by atoms with van der Waals surface area (Å²) in [7, 11) is 0. The van der Waals surface area contributed by atoms with Crippen LogP contribution in [0.3, 0.4) is 0 Å². The van der Waals surface area contributed by atoms with Crippen LogP contribution in [0.4, 0.5) is 0 Å². The van der Waals surface area contributed by atoms with E-state index in [9.17, 15) is 4.79 Å². The summed E-state index contributed by atoms with van der Waals surface area (Å²) in [5, 5.41) is 4.02. The normalized spacial score (nSPS) is 24.7. The third-order valence-electron chi connectivity index (χ3n) is 5.01. The molecule has 1 aliphatic rings. The molecule has 1 aliphatic carbocycles. The zero-order valence-corrected chi connectivity index (χ0v) is 14.9. The van der Waals surface area contributed by atoms with E-state index in [0.717, 1.165) is 22.6 Å². The first kappa shape index (κ1) is 16.4. The van der Waals surface area contributed by atoms with Gasteiger partial charge in [-0.05, 0) is 42.9 Å². The van der Waals surface area contributed by atoms with Crippen LogP contribution in [-0.2, 0) is 4.79 Å². The van der Waals surface area contributed by atoms with Gasteiger partial charge < -0.3 is 10.3 Å². The average molecular weight is 331 g/mol. The summed E-state index contributed by atoms with van der Waals surface area (Å²) in [6.07, 6.45) is 3.60. The molecule has 2 N–H and O–H groups in total. The van der Waals surface area contributed by atoms with E-state index in [0.29, 0.717) is 23.6 Å². The van der Waals surface area contributed by atoms with E-state index < -0.39 is 0 Å². The highest BCUT2D eigenvalue weighted by molar-refractivity contribution is 7.99. The number of aryl methyl sites for hydroxylation is 1. The van der Waals surface area contributed by atoms with Crippen LogP contribution < -0.4 is 5.32 Å². The summed E-state index contributed by atoms with van der Waals surface area (Å²) in [6, 6.07) is 6.47. The first-order chi connectivity index (χ1) is 11.0. The standard InChI is InChI=1S/C18H25N3OS/c1-11-7-8-15-16(9-11)21-18(20-15)23-10-17(22)19-14-6-4-5-12(2)13(14)3/h7-9,12-14H,4-6,10H2,1-3H3,(H,19,22)(H,20,21)/t12-,13-,14-/m0/s1. The molecule has 1 amide bonds. The Morgan fingerprint density at radius 3 is 3.04 bits per heavy atom. The van der Waals surface area contributed by atoms with Gasteiger partial charge in [0.2, 0.25) is 5.91 Å². The van der Waals surface area contributed by atoms with E-state index in [1.807, 2.05) is 6.07 Å². The van der Waals surface area contributed by atoms with Gasteiger partial charge in [-0.3, -0.25) is 4.79 Å². The van der Waals surface area contributed by atoms with E-state index in [1.165, 1.54) is 30.2 Å². The number of thioether (sulfide) groups is 1. The topological polar surface area (TPSA) is 57.8 Å². The SMILES string of the molecule is Cc1ccc2nc(SCC(=O)N[C@H]3CCC[C@H](C)[C@@H]3C)[nH]c2c1. The highest BCUT2D eigenvalue weighted by Gasteiger charge is 2.28. The highest BCUT2D eigenvalue weighted by atomic mass is 32.2. The van der Waals surface area contributed by atoms with Crippen molar-refractivity contribution in [1.82, 2.24) is 15.3 Å². The Bertz CT molecular complexity index is 697. The van der Waals surface area contributed by atoms with Crippen molar-refractivity contribution in [2.24, 2.45) is 11.8 Å². The van der Waals surface area contributed by atoms with Crippen LogP contribution in [0.2, 0.25) is 0 Å². The molecule has 0 spiro atoms. The number of amides is 1. The lowest BCUT2D eigenvalue weighted by Gasteiger charge is -2.34. The van der Waals surface area contributed by atoms with Gasteiger partial charge >= 0.3 is 0 Å². The molecule has 23 heavy (non-hydrogen) atoms. The van der Waals surface area contributed by atoms with Crippen molar-refractivity contribution in [3.05, 3.63) is 23.8 Å². The van der Waals surface area contributed by atoms with Crippen LogP contribution in [0.1, 0.15) is 38.7 Å². The number of nitrogens with zero attached hydrogens (tertiary/aromatic N) is 1. The van der Waals surface area contributed by atoms with Gasteiger partial charge in [0, 0.05) is 6.04 Å². The number of imidazole rings is 1. The maximum absolute atomic E-state index is 12.2. The minimum absolute atomic E-state index is 0.109. The quantitative estimate of drug-likeness (QED) is 0.835. The molecule has 1 aromatic carbocycles. The van der Waals surface area contributed by atoms with Crippen molar-refractivity contribution in [3.8, 4) is 0 Å². The van der Waals surface area contributed by atoms with Gasteiger partial charge in [0.15, 0.2) is 5.16 Å². The number of aromatic nitrogens is 2. The molecule has 1 heterocycles. The van der Waals surface area contributed by atoms with Crippen molar-refractivity contribution in [2.45, 2.75) is 51.2 Å². The lowest BCUT2D eigenvalue weighted by molar-refractivity contribution is -0.120. The Balaban J connectivity index is 1.55. The molecule has 0 radical (unpaired) electrons. The largest absolute Gasteiger partial charge is 0.352 e. The second-order valence-electron chi connectivity index (χ2n) is 6.79. The van der Waals surface area contributed by atoms with Crippen LogP contribution in [0, 0.1) is 18.8 Å². The molecule has 124 valence electrons. The number of aromatic amines is 1. The molecule has 0 bridgehead atoms. The Labute approximate surface area is 141 Å². The van der Waals surface area contributed by atoms with E-state index >= 15 is 0 Å². The van der Waals surface area contributed by atoms with E-state index in [-0.39, 0.29) is 5.91 Å². The van der Waals surface area contributed by atoms with E-state index in [4.69, 9.17) is 0 Å². The predicted octanol–water partition coefficient (Wildman–Crippen LogP) is 3.90. The number of nitrogens with one attached hydrogen (secondary N) is 2. The first-order valence-electron chi connectivity index (χ1n) is 8.41. The zero-order valence-electron chi connectivity index (χ0n) is 14.1. The predicted molar refractivity (Wildman–Crippen MR) is 95.7 cm³/mol. The first-order valence-corrected chi connectivity index (χ1v) is 9.40. The lowest BCUT2D eigenvalue weighted by atomic mass is 9.78. The van der Waals surface area contributed by atoms with Gasteiger partial charge in [-0.15, -0.1) is 0 Å². The number of H-pyrrole nitrogens is 1. The third kappa shape index (κ3) is 3.89. The minimum atomic E-state index is 0.109. The number of fused-ring (bicyclic) bond motifs is 1. The zero-order chi connectivity index (χ0) is 16.4. The molecule has 3 rings (SSSR count). The molecule has 1 aromatic heterocycles. The molecule has 2 aromatic rings. The van der Waals surface area contributed by atoms with Gasteiger partial charge in [0.1, 0.15) is 0 Å². The number of hydrogen-bond donors (Lipinski definition) is 2. The summed E-state index contributed by atoms with van der Waals surface area (Å²) in [5.74, 6) is 1.78. The van der Waals surface area contributed by atoms with Crippen molar-refractivity contribution in [2.75, 3.05) is 5.75 Å². The second-order valence-corrected chi connectivity index (χ2v) is 7.76. The number of carbonyl (C=O) groups excluding carboxylic acids is 1. The maximum Gasteiger partial charge on any atom is 0.230 e. The van der Waals surface area contributed by atoms with Crippen LogP contribution in [0.25, 0.3) is 11.0 Å². The number of rotatable bonds is 4. The van der Waals surface area contributed by atoms with Gasteiger partial charge in [0.05, 0.1) is 16.8 Å². The summed E-state index contributed by atoms with van der Waals surface area (Å²) in [5.41, 5.74) is 3.19. The Kier molecular flexibility index (Phi) is 4.95. The third-order valence-corrected chi connectivity index (χ3v) is 5.88.